The Balaban J connectivity index is 1.41. The molecule has 0 unspecified atom stereocenters. The summed E-state index contributed by atoms with van der Waals surface area (Å²) in [5, 5.41) is 3.29. The number of alkyl halides is 3. The van der Waals surface area contributed by atoms with Gasteiger partial charge in [0.15, 0.2) is 0 Å². The number of urea groups is 1. The summed E-state index contributed by atoms with van der Waals surface area (Å²) in [4.78, 5) is 32.6. The lowest BCUT2D eigenvalue weighted by molar-refractivity contribution is -0.0446. The predicted octanol–water partition coefficient (Wildman–Crippen LogP) is 9.07. The molecule has 0 bridgehead atoms. The second-order valence-corrected chi connectivity index (χ2v) is 14.8. The maximum absolute atomic E-state index is 13.7. The molecule has 0 saturated heterocycles. The molecule has 0 spiro atoms. The first-order valence-electron chi connectivity index (χ1n) is 18.0. The first kappa shape index (κ1) is 38.6. The maximum Gasteiger partial charge on any atom is 0.516 e. The molecule has 52 heavy (non-hydrogen) atoms. The first-order chi connectivity index (χ1) is 24.9. The molecule has 0 aliphatic heterocycles. The molecule has 0 radical (unpaired) electrons. The van der Waals surface area contributed by atoms with E-state index in [1.54, 1.807) is 24.3 Å². The van der Waals surface area contributed by atoms with E-state index in [-0.39, 0.29) is 17.8 Å². The van der Waals surface area contributed by atoms with Crippen molar-refractivity contribution in [1.82, 2.24) is 19.6 Å². The second kappa shape index (κ2) is 17.3. The molecule has 1 fully saturated rings. The molecule has 14 heteroatoms. The van der Waals surface area contributed by atoms with Crippen LogP contribution in [0.2, 0.25) is 0 Å². The zero-order valence-electron chi connectivity index (χ0n) is 29.5. The van der Waals surface area contributed by atoms with Crippen molar-refractivity contribution in [1.29, 1.82) is 0 Å². The molecule has 3 aromatic carbocycles. The number of nitrogens with zero attached hydrogens (tertiary/aromatic N) is 3. The van der Waals surface area contributed by atoms with Gasteiger partial charge in [-0.2, -0.15) is 21.6 Å². The largest absolute Gasteiger partial charge is 0.516 e. The Kier molecular flexibility index (Phi) is 12.8. The molecular weight excluding hydrogens is 696 g/mol. The van der Waals surface area contributed by atoms with Gasteiger partial charge in [0.2, 0.25) is 0 Å². The molecule has 1 saturated carbocycles. The van der Waals surface area contributed by atoms with Crippen molar-refractivity contribution in [3.63, 3.8) is 0 Å². The van der Waals surface area contributed by atoms with Crippen molar-refractivity contribution in [2.45, 2.75) is 103 Å². The van der Waals surface area contributed by atoms with Gasteiger partial charge in [-0.1, -0.05) is 94.8 Å². The molecule has 1 heterocycles. The van der Waals surface area contributed by atoms with Crippen LogP contribution in [-0.2, 0) is 23.0 Å². The summed E-state index contributed by atoms with van der Waals surface area (Å²) in [6, 6.07) is 19.7. The Morgan fingerprint density at radius 3 is 2.35 bits per heavy atom. The Bertz CT molecular complexity index is 1940. The number of aryl methyl sites for hydroxylation is 1. The van der Waals surface area contributed by atoms with E-state index in [0.29, 0.717) is 24.2 Å². The third-order valence-electron chi connectivity index (χ3n) is 9.26. The van der Waals surface area contributed by atoms with Crippen molar-refractivity contribution >= 4 is 38.9 Å². The summed E-state index contributed by atoms with van der Waals surface area (Å²) < 4.78 is 69.1. The first-order valence-corrected chi connectivity index (χ1v) is 19.4. The topological polar surface area (TPSA) is 123 Å². The van der Waals surface area contributed by atoms with Crippen LogP contribution in [-0.4, -0.2) is 48.2 Å². The van der Waals surface area contributed by atoms with Gasteiger partial charge in [0, 0.05) is 36.8 Å². The van der Waals surface area contributed by atoms with Gasteiger partial charge in [-0.05, 0) is 61.1 Å². The summed E-state index contributed by atoms with van der Waals surface area (Å²) in [7, 11) is -5.93. The molecule has 1 aliphatic rings. The van der Waals surface area contributed by atoms with Crippen molar-refractivity contribution in [2.24, 2.45) is 0 Å². The number of fused-ring (bicyclic) bond motifs is 1. The fourth-order valence-electron chi connectivity index (χ4n) is 6.45. The van der Waals surface area contributed by atoms with Crippen LogP contribution in [0.1, 0.15) is 89.4 Å². The molecular formula is C38H46F3N5O5S. The zero-order chi connectivity index (χ0) is 37.3. The molecule has 1 aromatic heterocycles. The average molecular weight is 742 g/mol. The number of carbonyl (C=O) groups excluding carboxylic acids is 2. The van der Waals surface area contributed by atoms with E-state index in [1.165, 1.54) is 18.6 Å². The van der Waals surface area contributed by atoms with Crippen molar-refractivity contribution < 1.29 is 35.9 Å². The molecule has 5 rings (SSSR count). The van der Waals surface area contributed by atoms with Gasteiger partial charge in [0.1, 0.15) is 11.6 Å². The van der Waals surface area contributed by atoms with Gasteiger partial charge in [-0.25, -0.2) is 19.3 Å². The van der Waals surface area contributed by atoms with E-state index in [1.807, 2.05) is 29.2 Å². The number of benzene rings is 3. The van der Waals surface area contributed by atoms with E-state index in [0.717, 1.165) is 97.0 Å². The highest BCUT2D eigenvalue weighted by atomic mass is 32.2. The van der Waals surface area contributed by atoms with Crippen LogP contribution >= 0.6 is 0 Å². The number of aromatic nitrogens is 2. The summed E-state index contributed by atoms with van der Waals surface area (Å²) >= 11 is 0. The fraction of sp³-hybridized carbons (Fsp3) is 0.447. The second-order valence-electron chi connectivity index (χ2n) is 13.2. The highest BCUT2D eigenvalue weighted by molar-refractivity contribution is 7.90. The van der Waals surface area contributed by atoms with Gasteiger partial charge < -0.3 is 14.6 Å². The van der Waals surface area contributed by atoms with Crippen LogP contribution < -0.4 is 19.7 Å². The molecule has 10 nitrogen and oxygen atoms in total. The third-order valence-corrected chi connectivity index (χ3v) is 10.3. The highest BCUT2D eigenvalue weighted by Gasteiger charge is 2.47. The lowest BCUT2D eigenvalue weighted by Gasteiger charge is -2.28. The van der Waals surface area contributed by atoms with E-state index in [2.05, 4.69) is 29.8 Å². The number of ether oxygens (including phenoxy) is 1. The molecule has 280 valence electrons. The number of hydrogen-bond acceptors (Lipinski definition) is 6. The standard InChI is InChI=1S/C38H46F3N5O5S/c1-3-5-12-24-45(36(47)42-29-13-8-7-9-14-29)30-22-23-32-33(25-30)46(35(43-32)17-6-4-2)26-27-18-20-28(21-19-27)31-15-10-11-16-34(31)51-37(48)44-52(49,50)38(39,40)41/h10-11,15-16,18-23,25,29H,3-9,12-14,17,24,26H2,1-2H3,(H,42,47)(H,44,48). The van der Waals surface area contributed by atoms with Crippen LogP contribution in [0.15, 0.2) is 66.7 Å². The van der Waals surface area contributed by atoms with E-state index in [4.69, 9.17) is 9.72 Å². The number of amides is 3. The number of para-hydroxylation sites is 1. The molecule has 3 amide bonds. The van der Waals surface area contributed by atoms with E-state index < -0.39 is 21.6 Å². The van der Waals surface area contributed by atoms with Crippen LogP contribution in [0.3, 0.4) is 0 Å². The summed E-state index contributed by atoms with van der Waals surface area (Å²) in [6.45, 7) is 5.37. The summed E-state index contributed by atoms with van der Waals surface area (Å²) in [6.07, 6.45) is 9.38. The Hall–Kier alpha value is -4.59. The Morgan fingerprint density at radius 1 is 0.942 bits per heavy atom. The van der Waals surface area contributed by atoms with E-state index in [9.17, 15) is 31.2 Å². The quantitative estimate of drug-likeness (QED) is 0.124. The predicted molar refractivity (Wildman–Crippen MR) is 196 cm³/mol. The van der Waals surface area contributed by atoms with Gasteiger partial charge in [-0.15, -0.1) is 0 Å². The van der Waals surface area contributed by atoms with Crippen LogP contribution in [0, 0.1) is 0 Å². The fourth-order valence-corrected chi connectivity index (χ4v) is 6.83. The van der Waals surface area contributed by atoms with Gasteiger partial charge >= 0.3 is 27.7 Å². The van der Waals surface area contributed by atoms with Gasteiger partial charge in [-0.3, -0.25) is 4.90 Å². The Morgan fingerprint density at radius 2 is 1.65 bits per heavy atom. The van der Waals surface area contributed by atoms with Crippen molar-refractivity contribution in [2.75, 3.05) is 11.4 Å². The lowest BCUT2D eigenvalue weighted by atomic mass is 9.96. The Labute approximate surface area is 302 Å². The monoisotopic (exact) mass is 741 g/mol. The minimum absolute atomic E-state index is 0.0704. The minimum atomic E-state index is -5.93. The minimum Gasteiger partial charge on any atom is -0.409 e. The number of nitrogens with one attached hydrogen (secondary N) is 2. The summed E-state index contributed by atoms with van der Waals surface area (Å²) in [5.41, 5.74) is -1.18. The summed E-state index contributed by atoms with van der Waals surface area (Å²) in [5.74, 6) is 0.817. The number of sulfonamides is 1. The normalized spacial score (nSPS) is 13.9. The number of hydrogen-bond donors (Lipinski definition) is 2. The smallest absolute Gasteiger partial charge is 0.409 e. The average Bonchev–Trinajstić information content (AvgIpc) is 3.45. The molecule has 0 atom stereocenters. The molecule has 1 aliphatic carbocycles. The number of anilines is 1. The van der Waals surface area contributed by atoms with Crippen molar-refractivity contribution in [3.8, 4) is 16.9 Å². The van der Waals surface area contributed by atoms with Gasteiger partial charge in [0.05, 0.1) is 11.0 Å². The molecule has 4 aromatic rings. The van der Waals surface area contributed by atoms with Crippen LogP contribution in [0.25, 0.3) is 22.2 Å². The van der Waals surface area contributed by atoms with E-state index >= 15 is 0 Å². The SMILES string of the molecule is CCCCCN(C(=O)NC1CCCCC1)c1ccc2nc(CCCC)n(Cc3ccc(-c4ccccc4OC(=O)NS(=O)(=O)C(F)(F)F)cc3)c2c1. The number of unbranched alkanes of at least 4 members (excludes halogenated alkanes) is 3. The molecule has 2 N–H and O–H groups in total. The third kappa shape index (κ3) is 9.64. The van der Waals surface area contributed by atoms with Crippen LogP contribution in [0.5, 0.6) is 5.75 Å². The maximum atomic E-state index is 13.7. The van der Waals surface area contributed by atoms with Crippen LogP contribution in [0.4, 0.5) is 28.4 Å². The van der Waals surface area contributed by atoms with Gasteiger partial charge in [0.25, 0.3) is 0 Å². The number of carbonyl (C=O) groups is 2. The number of imidazole rings is 1. The van der Waals surface area contributed by atoms with Crippen molar-refractivity contribution in [3.05, 3.63) is 78.1 Å². The number of rotatable bonds is 14. The zero-order valence-corrected chi connectivity index (χ0v) is 30.4. The highest BCUT2D eigenvalue weighted by Crippen LogP contribution is 2.32. The number of halogens is 3. The lowest BCUT2D eigenvalue weighted by Crippen LogP contribution is -2.46.